The van der Waals surface area contributed by atoms with Crippen LogP contribution in [0.15, 0.2) is 30.0 Å². The van der Waals surface area contributed by atoms with Crippen molar-refractivity contribution in [3.8, 4) is 0 Å². The first-order valence-corrected chi connectivity index (χ1v) is 9.16. The molecule has 2 aliphatic heterocycles. The molecule has 0 radical (unpaired) electrons. The molecule has 1 fully saturated rings. The molecule has 25 heavy (non-hydrogen) atoms. The highest BCUT2D eigenvalue weighted by Crippen LogP contribution is 2.34. The fourth-order valence-corrected chi connectivity index (χ4v) is 3.70. The van der Waals surface area contributed by atoms with Crippen LogP contribution in [0.2, 0.25) is 5.02 Å². The fourth-order valence-electron chi connectivity index (χ4n) is 3.58. The average molecular weight is 363 g/mol. The number of carbonyl (C=O) groups is 2. The van der Waals surface area contributed by atoms with Gasteiger partial charge in [-0.2, -0.15) is 0 Å². The van der Waals surface area contributed by atoms with Crippen LogP contribution in [0, 0.1) is 5.92 Å². The van der Waals surface area contributed by atoms with Crippen LogP contribution in [-0.2, 0) is 9.59 Å². The van der Waals surface area contributed by atoms with Crippen LogP contribution in [0.3, 0.4) is 0 Å². The van der Waals surface area contributed by atoms with Crippen LogP contribution in [0.5, 0.6) is 0 Å². The molecule has 134 valence electrons. The summed E-state index contributed by atoms with van der Waals surface area (Å²) in [5.41, 5.74) is 1.63. The smallest absolute Gasteiger partial charge is 0.277 e. The number of amides is 2. The SMILES string of the molecule is CCCN1C(=O)C(c2ccc(Cl)cc2)=C(N2CCCC(CO)C2)C1=O. The quantitative estimate of drug-likeness (QED) is 0.818. The third-order valence-electron chi connectivity index (χ3n) is 4.82. The summed E-state index contributed by atoms with van der Waals surface area (Å²) < 4.78 is 0. The molecular weight excluding hydrogens is 340 g/mol. The summed E-state index contributed by atoms with van der Waals surface area (Å²) in [6.45, 7) is 3.78. The molecule has 1 aromatic carbocycles. The van der Waals surface area contributed by atoms with Gasteiger partial charge in [-0.3, -0.25) is 14.5 Å². The van der Waals surface area contributed by atoms with Crippen LogP contribution in [0.4, 0.5) is 0 Å². The molecule has 1 unspecified atom stereocenters. The minimum Gasteiger partial charge on any atom is -0.396 e. The molecule has 2 heterocycles. The van der Waals surface area contributed by atoms with Crippen molar-refractivity contribution < 1.29 is 14.7 Å². The third kappa shape index (κ3) is 3.44. The molecule has 1 N–H and O–H groups in total. The Kier molecular flexibility index (Phi) is 5.45. The number of hydrogen-bond acceptors (Lipinski definition) is 4. The van der Waals surface area contributed by atoms with E-state index < -0.39 is 0 Å². The summed E-state index contributed by atoms with van der Waals surface area (Å²) in [6, 6.07) is 7.03. The number of hydrogen-bond donors (Lipinski definition) is 1. The van der Waals surface area contributed by atoms with E-state index in [1.807, 2.05) is 11.8 Å². The molecule has 2 amide bonds. The van der Waals surface area contributed by atoms with E-state index in [0.717, 1.165) is 25.8 Å². The normalized spacial score (nSPS) is 21.5. The van der Waals surface area contributed by atoms with Crippen molar-refractivity contribution in [2.45, 2.75) is 26.2 Å². The lowest BCUT2D eigenvalue weighted by Crippen LogP contribution is -2.40. The lowest BCUT2D eigenvalue weighted by atomic mass is 9.97. The van der Waals surface area contributed by atoms with E-state index >= 15 is 0 Å². The van der Waals surface area contributed by atoms with Crippen molar-refractivity contribution in [3.05, 3.63) is 40.5 Å². The van der Waals surface area contributed by atoms with Crippen molar-refractivity contribution in [2.24, 2.45) is 5.92 Å². The fraction of sp³-hybridized carbons (Fsp3) is 0.474. The Labute approximate surface area is 152 Å². The summed E-state index contributed by atoms with van der Waals surface area (Å²) in [5.74, 6) is -0.332. The summed E-state index contributed by atoms with van der Waals surface area (Å²) in [4.78, 5) is 29.2. The zero-order valence-corrected chi connectivity index (χ0v) is 15.1. The second-order valence-corrected chi connectivity index (χ2v) is 7.07. The van der Waals surface area contributed by atoms with E-state index in [1.165, 1.54) is 4.90 Å². The van der Waals surface area contributed by atoms with Crippen molar-refractivity contribution in [3.63, 3.8) is 0 Å². The number of nitrogens with zero attached hydrogens (tertiary/aromatic N) is 2. The van der Waals surface area contributed by atoms with E-state index in [-0.39, 0.29) is 24.3 Å². The average Bonchev–Trinajstić information content (AvgIpc) is 2.87. The van der Waals surface area contributed by atoms with Crippen molar-refractivity contribution >= 4 is 29.0 Å². The molecular formula is C19H23ClN2O3. The monoisotopic (exact) mass is 362 g/mol. The first-order chi connectivity index (χ1) is 12.1. The van der Waals surface area contributed by atoms with Gasteiger partial charge >= 0.3 is 0 Å². The summed E-state index contributed by atoms with van der Waals surface area (Å²) in [7, 11) is 0. The highest BCUT2D eigenvalue weighted by Gasteiger charge is 2.41. The predicted octanol–water partition coefficient (Wildman–Crippen LogP) is 2.53. The van der Waals surface area contributed by atoms with Gasteiger partial charge in [0.25, 0.3) is 11.8 Å². The molecule has 1 atom stereocenters. The van der Waals surface area contributed by atoms with Crippen LogP contribution in [0.1, 0.15) is 31.7 Å². The molecule has 0 bridgehead atoms. The van der Waals surface area contributed by atoms with Crippen LogP contribution in [-0.4, -0.2) is 53.0 Å². The molecule has 3 rings (SSSR count). The second-order valence-electron chi connectivity index (χ2n) is 6.63. The molecule has 0 aliphatic carbocycles. The Morgan fingerprint density at radius 3 is 2.56 bits per heavy atom. The van der Waals surface area contributed by atoms with Crippen LogP contribution < -0.4 is 0 Å². The van der Waals surface area contributed by atoms with E-state index in [4.69, 9.17) is 11.6 Å². The van der Waals surface area contributed by atoms with Crippen molar-refractivity contribution in [1.29, 1.82) is 0 Å². The van der Waals surface area contributed by atoms with Crippen LogP contribution >= 0.6 is 11.6 Å². The molecule has 0 aromatic heterocycles. The first-order valence-electron chi connectivity index (χ1n) is 8.79. The van der Waals surface area contributed by atoms with Gasteiger partial charge in [-0.05, 0) is 42.9 Å². The van der Waals surface area contributed by atoms with Gasteiger partial charge in [-0.25, -0.2) is 0 Å². The molecule has 0 saturated carbocycles. The van der Waals surface area contributed by atoms with Gasteiger partial charge in [0, 0.05) is 31.3 Å². The number of aliphatic hydroxyl groups excluding tert-OH is 1. The minimum absolute atomic E-state index is 0.0981. The Morgan fingerprint density at radius 1 is 1.20 bits per heavy atom. The predicted molar refractivity (Wildman–Crippen MR) is 96.8 cm³/mol. The largest absolute Gasteiger partial charge is 0.396 e. The topological polar surface area (TPSA) is 60.9 Å². The van der Waals surface area contributed by atoms with E-state index in [1.54, 1.807) is 24.3 Å². The molecule has 6 heteroatoms. The summed E-state index contributed by atoms with van der Waals surface area (Å²) >= 11 is 5.97. The highest BCUT2D eigenvalue weighted by atomic mass is 35.5. The summed E-state index contributed by atoms with van der Waals surface area (Å²) in [6.07, 6.45) is 2.56. The number of imide groups is 1. The van der Waals surface area contributed by atoms with E-state index in [0.29, 0.717) is 34.9 Å². The minimum atomic E-state index is -0.240. The van der Waals surface area contributed by atoms with Gasteiger partial charge in [0.1, 0.15) is 5.70 Å². The van der Waals surface area contributed by atoms with E-state index in [9.17, 15) is 14.7 Å². The van der Waals surface area contributed by atoms with Gasteiger partial charge in [-0.15, -0.1) is 0 Å². The third-order valence-corrected chi connectivity index (χ3v) is 5.07. The van der Waals surface area contributed by atoms with E-state index in [2.05, 4.69) is 0 Å². The number of benzene rings is 1. The van der Waals surface area contributed by atoms with Gasteiger partial charge < -0.3 is 10.0 Å². The highest BCUT2D eigenvalue weighted by molar-refractivity contribution is 6.36. The second kappa shape index (κ2) is 7.58. The van der Waals surface area contributed by atoms with Gasteiger partial charge in [0.15, 0.2) is 0 Å². The number of aliphatic hydroxyl groups is 1. The van der Waals surface area contributed by atoms with Crippen molar-refractivity contribution in [2.75, 3.05) is 26.2 Å². The van der Waals surface area contributed by atoms with Crippen molar-refractivity contribution in [1.82, 2.24) is 9.80 Å². The zero-order valence-electron chi connectivity index (χ0n) is 14.4. The maximum atomic E-state index is 13.0. The Morgan fingerprint density at radius 2 is 1.92 bits per heavy atom. The Bertz CT molecular complexity index is 699. The molecule has 1 saturated heterocycles. The maximum Gasteiger partial charge on any atom is 0.277 e. The lowest BCUT2D eigenvalue weighted by Gasteiger charge is -2.34. The van der Waals surface area contributed by atoms with Gasteiger partial charge in [-0.1, -0.05) is 30.7 Å². The number of rotatable bonds is 5. The maximum absolute atomic E-state index is 13.0. The van der Waals surface area contributed by atoms with Gasteiger partial charge in [0.2, 0.25) is 0 Å². The molecule has 0 spiro atoms. The lowest BCUT2D eigenvalue weighted by molar-refractivity contribution is -0.137. The number of likely N-dealkylation sites (tertiary alicyclic amines) is 1. The number of halogens is 1. The molecule has 1 aromatic rings. The first kappa shape index (κ1) is 18.0. The molecule has 2 aliphatic rings. The van der Waals surface area contributed by atoms with Crippen LogP contribution in [0.25, 0.3) is 5.57 Å². The Hall–Kier alpha value is -1.85. The van der Waals surface area contributed by atoms with Gasteiger partial charge in [0.05, 0.1) is 5.57 Å². The number of carbonyl (C=O) groups excluding carboxylic acids is 2. The zero-order chi connectivity index (χ0) is 18.0. The summed E-state index contributed by atoms with van der Waals surface area (Å²) in [5, 5.41) is 10.1. The standard InChI is InChI=1S/C19H23ClN2O3/c1-2-9-22-18(24)16(14-5-7-15(20)8-6-14)17(19(22)25)21-10-3-4-13(11-21)12-23/h5-8,13,23H,2-4,9-12H2,1H3. The Balaban J connectivity index is 2.04. The number of piperidine rings is 1. The molecule has 5 nitrogen and oxygen atoms in total.